The molecule has 128 valence electrons. The fourth-order valence-electron chi connectivity index (χ4n) is 3.12. The van der Waals surface area contributed by atoms with Gasteiger partial charge in [-0.2, -0.15) is 0 Å². The lowest BCUT2D eigenvalue weighted by Crippen LogP contribution is -2.63. The highest BCUT2D eigenvalue weighted by Gasteiger charge is 2.47. The molecular formula is C17H22N4O3. The van der Waals surface area contributed by atoms with Crippen molar-refractivity contribution in [2.24, 2.45) is 0 Å². The number of para-hydroxylation sites is 1. The summed E-state index contributed by atoms with van der Waals surface area (Å²) in [4.78, 5) is 27.5. The first-order valence-corrected chi connectivity index (χ1v) is 7.67. The van der Waals surface area contributed by atoms with Gasteiger partial charge < -0.3 is 4.74 Å². The predicted molar refractivity (Wildman–Crippen MR) is 93.2 cm³/mol. The Morgan fingerprint density at radius 2 is 1.92 bits per heavy atom. The van der Waals surface area contributed by atoms with Crippen LogP contribution in [0, 0.1) is 10.8 Å². The number of carbonyl (C=O) groups excluding carboxylic acids is 2. The second kappa shape index (κ2) is 6.07. The van der Waals surface area contributed by atoms with Gasteiger partial charge in [-0.25, -0.2) is 4.79 Å². The van der Waals surface area contributed by atoms with E-state index in [0.29, 0.717) is 17.8 Å². The van der Waals surface area contributed by atoms with Crippen LogP contribution in [0.5, 0.6) is 0 Å². The second-order valence-electron chi connectivity index (χ2n) is 5.92. The highest BCUT2D eigenvalue weighted by molar-refractivity contribution is 6.28. The molecule has 0 saturated carbocycles. The Hall–Kier alpha value is -2.70. The van der Waals surface area contributed by atoms with Crippen molar-refractivity contribution in [2.75, 3.05) is 16.9 Å². The first kappa shape index (κ1) is 17.7. The molecule has 2 N–H and O–H groups in total. The molecule has 7 nitrogen and oxygen atoms in total. The summed E-state index contributed by atoms with van der Waals surface area (Å²) in [6.07, 6.45) is 0.497. The number of methoxy groups -OCH3 is 1. The van der Waals surface area contributed by atoms with Crippen LogP contribution in [-0.2, 0) is 9.53 Å². The molecule has 1 aliphatic rings. The molecule has 2 rings (SSSR count). The minimum absolute atomic E-state index is 0.0801. The molecule has 0 bridgehead atoms. The molecule has 1 amide bonds. The molecule has 0 aromatic heterocycles. The predicted octanol–water partition coefficient (Wildman–Crippen LogP) is 2.79. The summed E-state index contributed by atoms with van der Waals surface area (Å²) in [5.74, 6) is -0.624. The maximum absolute atomic E-state index is 12.3. The van der Waals surface area contributed by atoms with Crippen LogP contribution in [0.15, 0.2) is 18.2 Å². The van der Waals surface area contributed by atoms with Crippen LogP contribution in [0.4, 0.5) is 11.4 Å². The van der Waals surface area contributed by atoms with Crippen LogP contribution in [0.2, 0.25) is 0 Å². The smallest absolute Gasteiger partial charge is 0.340 e. The number of nitrogens with one attached hydrogen (secondary N) is 2. The Kier molecular flexibility index (Phi) is 4.46. The molecule has 1 heterocycles. The molecule has 0 radical (unpaired) electrons. The average Bonchev–Trinajstić information content (AvgIpc) is 2.53. The van der Waals surface area contributed by atoms with Crippen LogP contribution in [-0.4, -0.2) is 36.2 Å². The third kappa shape index (κ3) is 2.36. The summed E-state index contributed by atoms with van der Waals surface area (Å²) >= 11 is 0. The Balaban J connectivity index is 2.90. The third-order valence-corrected chi connectivity index (χ3v) is 4.45. The third-order valence-electron chi connectivity index (χ3n) is 4.45. The Morgan fingerprint density at radius 3 is 2.38 bits per heavy atom. The lowest BCUT2D eigenvalue weighted by atomic mass is 9.88. The van der Waals surface area contributed by atoms with Gasteiger partial charge in [0.2, 0.25) is 5.91 Å². The molecule has 1 atom stereocenters. The molecule has 1 aliphatic heterocycles. The quantitative estimate of drug-likeness (QED) is 0.495. The largest absolute Gasteiger partial charge is 0.465 e. The van der Waals surface area contributed by atoms with E-state index in [-0.39, 0.29) is 23.1 Å². The molecular weight excluding hydrogens is 308 g/mol. The van der Waals surface area contributed by atoms with E-state index in [9.17, 15) is 9.59 Å². The van der Waals surface area contributed by atoms with Crippen molar-refractivity contribution >= 4 is 34.9 Å². The van der Waals surface area contributed by atoms with Gasteiger partial charge >= 0.3 is 5.97 Å². The van der Waals surface area contributed by atoms with Gasteiger partial charge in [0.25, 0.3) is 0 Å². The van der Waals surface area contributed by atoms with E-state index < -0.39 is 11.5 Å². The normalized spacial score (nSPS) is 19.8. The standard InChI is InChI=1S/C17H22N4O3/c1-6-17(4)16(19)20(10(2)18)14-12(15(23)24-5)8-7-9-13(14)21(17)11(3)22/h7-9,18-19H,6H2,1-5H3. The zero-order valence-electron chi connectivity index (χ0n) is 14.6. The van der Waals surface area contributed by atoms with E-state index in [2.05, 4.69) is 0 Å². The number of nitrogens with zero attached hydrogens (tertiary/aromatic N) is 2. The monoisotopic (exact) mass is 330 g/mol. The number of hydrogen-bond donors (Lipinski definition) is 2. The summed E-state index contributed by atoms with van der Waals surface area (Å²) in [6, 6.07) is 4.96. The minimum atomic E-state index is -0.907. The average molecular weight is 330 g/mol. The van der Waals surface area contributed by atoms with Crippen molar-refractivity contribution < 1.29 is 14.3 Å². The maximum atomic E-state index is 12.3. The number of hydrogen-bond acceptors (Lipinski definition) is 5. The summed E-state index contributed by atoms with van der Waals surface area (Å²) in [5.41, 5.74) is 0.145. The maximum Gasteiger partial charge on any atom is 0.340 e. The SMILES string of the molecule is CCC1(C)C(=N)N(C(C)=N)c2c(C(=O)OC)cccc2N1C(C)=O. The zero-order chi connectivity index (χ0) is 18.2. The van der Waals surface area contributed by atoms with Gasteiger partial charge in [0.15, 0.2) is 0 Å². The molecule has 0 saturated heterocycles. The molecule has 0 fully saturated rings. The van der Waals surface area contributed by atoms with Gasteiger partial charge in [-0.3, -0.25) is 25.4 Å². The Labute approximate surface area is 141 Å². The fourth-order valence-corrected chi connectivity index (χ4v) is 3.12. The Bertz CT molecular complexity index is 743. The number of rotatable bonds is 2. The summed E-state index contributed by atoms with van der Waals surface area (Å²) in [7, 11) is 1.27. The molecule has 24 heavy (non-hydrogen) atoms. The summed E-state index contributed by atoms with van der Waals surface area (Å²) < 4.78 is 4.83. The van der Waals surface area contributed by atoms with Crippen molar-refractivity contribution in [2.45, 2.75) is 39.7 Å². The highest BCUT2D eigenvalue weighted by atomic mass is 16.5. The van der Waals surface area contributed by atoms with Gasteiger partial charge in [-0.1, -0.05) is 13.0 Å². The van der Waals surface area contributed by atoms with Crippen molar-refractivity contribution in [3.05, 3.63) is 23.8 Å². The zero-order valence-corrected chi connectivity index (χ0v) is 14.6. The van der Waals surface area contributed by atoms with Crippen LogP contribution in [0.1, 0.15) is 44.5 Å². The van der Waals surface area contributed by atoms with Crippen LogP contribution in [0.3, 0.4) is 0 Å². The first-order chi connectivity index (χ1) is 11.2. The van der Waals surface area contributed by atoms with Crippen LogP contribution in [0.25, 0.3) is 0 Å². The second-order valence-corrected chi connectivity index (χ2v) is 5.92. The van der Waals surface area contributed by atoms with Gasteiger partial charge in [-0.05, 0) is 32.4 Å². The van der Waals surface area contributed by atoms with E-state index in [1.807, 2.05) is 6.92 Å². The minimum Gasteiger partial charge on any atom is -0.465 e. The van der Waals surface area contributed by atoms with E-state index in [1.165, 1.54) is 23.8 Å². The first-order valence-electron chi connectivity index (χ1n) is 7.67. The van der Waals surface area contributed by atoms with Crippen molar-refractivity contribution in [3.63, 3.8) is 0 Å². The summed E-state index contributed by atoms with van der Waals surface area (Å²) in [6.45, 7) is 6.66. The van der Waals surface area contributed by atoms with E-state index in [0.717, 1.165) is 0 Å². The van der Waals surface area contributed by atoms with E-state index in [1.54, 1.807) is 32.0 Å². The van der Waals surface area contributed by atoms with E-state index in [4.69, 9.17) is 15.6 Å². The van der Waals surface area contributed by atoms with Crippen LogP contribution < -0.4 is 9.80 Å². The lowest BCUT2D eigenvalue weighted by molar-refractivity contribution is -0.117. The van der Waals surface area contributed by atoms with E-state index >= 15 is 0 Å². The Morgan fingerprint density at radius 1 is 1.29 bits per heavy atom. The summed E-state index contributed by atoms with van der Waals surface area (Å²) in [5, 5.41) is 16.7. The number of carbonyl (C=O) groups is 2. The number of ether oxygens (including phenoxy) is 1. The lowest BCUT2D eigenvalue weighted by Gasteiger charge is -2.49. The van der Waals surface area contributed by atoms with Gasteiger partial charge in [0.1, 0.15) is 17.2 Å². The van der Waals surface area contributed by atoms with Crippen molar-refractivity contribution in [1.29, 1.82) is 10.8 Å². The molecule has 7 heteroatoms. The molecule has 1 unspecified atom stereocenters. The number of benzene rings is 1. The fraction of sp³-hybridized carbons (Fsp3) is 0.412. The number of esters is 1. The van der Waals surface area contributed by atoms with Gasteiger partial charge in [-0.15, -0.1) is 0 Å². The number of fused-ring (bicyclic) bond motifs is 1. The molecule has 0 aliphatic carbocycles. The highest BCUT2D eigenvalue weighted by Crippen LogP contribution is 2.44. The number of amides is 1. The molecule has 1 aromatic carbocycles. The van der Waals surface area contributed by atoms with Gasteiger partial charge in [0.05, 0.1) is 24.0 Å². The molecule has 0 spiro atoms. The van der Waals surface area contributed by atoms with Crippen molar-refractivity contribution in [3.8, 4) is 0 Å². The number of anilines is 2. The molecule has 1 aromatic rings. The van der Waals surface area contributed by atoms with Crippen LogP contribution >= 0.6 is 0 Å². The van der Waals surface area contributed by atoms with Gasteiger partial charge in [0, 0.05) is 6.92 Å². The topological polar surface area (TPSA) is 97.6 Å². The number of amidine groups is 2. The van der Waals surface area contributed by atoms with Crippen molar-refractivity contribution in [1.82, 2.24) is 0 Å².